The van der Waals surface area contributed by atoms with Crippen LogP contribution in [0, 0.1) is 0 Å². The number of ether oxygens (including phenoxy) is 1. The molecule has 0 aromatic rings. The zero-order valence-electron chi connectivity index (χ0n) is 13.8. The lowest BCUT2D eigenvalue weighted by molar-refractivity contribution is -0.166. The molecule has 4 rings (SSSR count). The van der Waals surface area contributed by atoms with Crippen molar-refractivity contribution in [1.29, 1.82) is 0 Å². The zero-order valence-corrected chi connectivity index (χ0v) is 13.8. The van der Waals surface area contributed by atoms with Crippen LogP contribution in [0.15, 0.2) is 0 Å². The standard InChI is InChI=1S/C16H26N4O3/c1-19-11-18-13(21)16(19)9-20(10-16)14(22)17-8-12-4-2-5-15(23-12)6-3-7-15/h12H,2-11H2,1H3,(H,17,22)(H,18,21). The maximum absolute atomic E-state index is 12.3. The van der Waals surface area contributed by atoms with Crippen LogP contribution in [-0.4, -0.2) is 72.3 Å². The van der Waals surface area contributed by atoms with E-state index in [1.807, 2.05) is 11.9 Å². The number of hydrogen-bond acceptors (Lipinski definition) is 4. The van der Waals surface area contributed by atoms with E-state index in [0.717, 1.165) is 6.42 Å². The van der Waals surface area contributed by atoms with Gasteiger partial charge in [-0.25, -0.2) is 4.79 Å². The molecule has 7 heteroatoms. The first kappa shape index (κ1) is 15.2. The predicted molar refractivity (Wildman–Crippen MR) is 83.8 cm³/mol. The van der Waals surface area contributed by atoms with E-state index in [-0.39, 0.29) is 23.6 Å². The molecule has 2 N–H and O–H groups in total. The summed E-state index contributed by atoms with van der Waals surface area (Å²) in [5.74, 6) is 0.0339. The molecule has 3 amide bonds. The van der Waals surface area contributed by atoms with Crippen LogP contribution < -0.4 is 10.6 Å². The largest absolute Gasteiger partial charge is 0.370 e. The maximum atomic E-state index is 12.3. The second-order valence-corrected chi connectivity index (χ2v) is 7.60. The second-order valence-electron chi connectivity index (χ2n) is 7.60. The Kier molecular flexibility index (Phi) is 3.53. The summed E-state index contributed by atoms with van der Waals surface area (Å²) in [6, 6.07) is -0.0828. The van der Waals surface area contributed by atoms with Gasteiger partial charge in [-0.15, -0.1) is 0 Å². The van der Waals surface area contributed by atoms with Gasteiger partial charge >= 0.3 is 6.03 Å². The van der Waals surface area contributed by atoms with Crippen molar-refractivity contribution in [2.75, 3.05) is 33.4 Å². The van der Waals surface area contributed by atoms with Gasteiger partial charge in [-0.2, -0.15) is 0 Å². The van der Waals surface area contributed by atoms with Crippen molar-refractivity contribution in [1.82, 2.24) is 20.4 Å². The van der Waals surface area contributed by atoms with Crippen molar-refractivity contribution in [2.24, 2.45) is 0 Å². The lowest BCUT2D eigenvalue weighted by Crippen LogP contribution is -2.73. The Balaban J connectivity index is 1.25. The molecular weight excluding hydrogens is 296 g/mol. The fraction of sp³-hybridized carbons (Fsp3) is 0.875. The van der Waals surface area contributed by atoms with E-state index >= 15 is 0 Å². The van der Waals surface area contributed by atoms with Gasteiger partial charge in [0.15, 0.2) is 0 Å². The monoisotopic (exact) mass is 322 g/mol. The summed E-state index contributed by atoms with van der Waals surface area (Å²) in [7, 11) is 1.92. The van der Waals surface area contributed by atoms with Crippen molar-refractivity contribution in [3.05, 3.63) is 0 Å². The topological polar surface area (TPSA) is 73.9 Å². The summed E-state index contributed by atoms with van der Waals surface area (Å²) in [5, 5.41) is 5.82. The third-order valence-corrected chi connectivity index (χ3v) is 6.14. The summed E-state index contributed by atoms with van der Waals surface area (Å²) in [4.78, 5) is 27.9. The normalized spacial score (nSPS) is 31.6. The first-order chi connectivity index (χ1) is 11.0. The van der Waals surface area contributed by atoms with Crippen molar-refractivity contribution >= 4 is 11.9 Å². The van der Waals surface area contributed by atoms with Crippen molar-refractivity contribution in [3.63, 3.8) is 0 Å². The molecule has 0 bridgehead atoms. The van der Waals surface area contributed by atoms with Crippen molar-refractivity contribution in [3.8, 4) is 0 Å². The Bertz CT molecular complexity index is 513. The van der Waals surface area contributed by atoms with E-state index in [2.05, 4.69) is 10.6 Å². The number of likely N-dealkylation sites (tertiary alicyclic amines) is 1. The van der Waals surface area contributed by atoms with Crippen LogP contribution in [0.5, 0.6) is 0 Å². The molecule has 1 saturated carbocycles. The van der Waals surface area contributed by atoms with Gasteiger partial charge in [-0.05, 0) is 45.6 Å². The number of urea groups is 1. The number of amides is 3. The molecule has 4 aliphatic rings. The van der Waals surface area contributed by atoms with Gasteiger partial charge in [0.2, 0.25) is 5.91 Å². The third kappa shape index (κ3) is 2.41. The molecule has 3 saturated heterocycles. The molecule has 7 nitrogen and oxygen atoms in total. The Morgan fingerprint density at radius 1 is 1.35 bits per heavy atom. The number of nitrogens with one attached hydrogen (secondary N) is 2. The third-order valence-electron chi connectivity index (χ3n) is 6.14. The summed E-state index contributed by atoms with van der Waals surface area (Å²) in [6.45, 7) is 2.08. The lowest BCUT2D eigenvalue weighted by Gasteiger charge is -2.49. The fourth-order valence-corrected chi connectivity index (χ4v) is 4.31. The van der Waals surface area contributed by atoms with E-state index in [9.17, 15) is 9.59 Å². The molecule has 0 radical (unpaired) electrons. The summed E-state index contributed by atoms with van der Waals surface area (Å²) in [5.41, 5.74) is -0.381. The second kappa shape index (κ2) is 5.34. The van der Waals surface area contributed by atoms with E-state index in [0.29, 0.717) is 26.3 Å². The number of hydrogen-bond donors (Lipinski definition) is 2. The number of nitrogens with zero attached hydrogens (tertiary/aromatic N) is 2. The van der Waals surface area contributed by atoms with Gasteiger partial charge in [-0.1, -0.05) is 0 Å². The minimum Gasteiger partial charge on any atom is -0.370 e. The quantitative estimate of drug-likeness (QED) is 0.765. The molecular formula is C16H26N4O3. The van der Waals surface area contributed by atoms with Gasteiger partial charge in [0, 0.05) is 6.54 Å². The first-order valence-corrected chi connectivity index (χ1v) is 8.73. The number of carbonyl (C=O) groups excluding carboxylic acids is 2. The van der Waals surface area contributed by atoms with Crippen LogP contribution in [0.1, 0.15) is 38.5 Å². The smallest absolute Gasteiger partial charge is 0.317 e. The Labute approximate surface area is 136 Å². The van der Waals surface area contributed by atoms with E-state index < -0.39 is 5.54 Å². The lowest BCUT2D eigenvalue weighted by atomic mass is 9.74. The van der Waals surface area contributed by atoms with E-state index in [1.54, 1.807) is 4.90 Å². The van der Waals surface area contributed by atoms with Crippen molar-refractivity contribution < 1.29 is 14.3 Å². The molecule has 1 aliphatic carbocycles. The highest BCUT2D eigenvalue weighted by Gasteiger charge is 2.56. The van der Waals surface area contributed by atoms with Crippen LogP contribution in [-0.2, 0) is 9.53 Å². The SMILES string of the molecule is CN1CNC(=O)C12CN(C(=O)NCC1CCCC3(CCC3)O1)C2. The van der Waals surface area contributed by atoms with Gasteiger partial charge in [0.1, 0.15) is 5.54 Å². The molecule has 128 valence electrons. The summed E-state index contributed by atoms with van der Waals surface area (Å²) < 4.78 is 6.21. The first-order valence-electron chi connectivity index (χ1n) is 8.73. The van der Waals surface area contributed by atoms with Gasteiger partial charge in [-0.3, -0.25) is 9.69 Å². The Hall–Kier alpha value is -1.34. The molecule has 23 heavy (non-hydrogen) atoms. The molecule has 3 aliphatic heterocycles. The minimum absolute atomic E-state index is 0.0339. The van der Waals surface area contributed by atoms with Gasteiger partial charge < -0.3 is 20.3 Å². The molecule has 4 fully saturated rings. The molecule has 2 spiro atoms. The molecule has 0 aromatic heterocycles. The highest BCUT2D eigenvalue weighted by Crippen LogP contribution is 2.43. The van der Waals surface area contributed by atoms with Gasteiger partial charge in [0.05, 0.1) is 31.5 Å². The minimum atomic E-state index is -0.505. The fourth-order valence-electron chi connectivity index (χ4n) is 4.31. The van der Waals surface area contributed by atoms with Crippen LogP contribution >= 0.6 is 0 Å². The van der Waals surface area contributed by atoms with Crippen molar-refractivity contribution in [2.45, 2.75) is 55.8 Å². The highest BCUT2D eigenvalue weighted by molar-refractivity contribution is 5.92. The number of rotatable bonds is 2. The zero-order chi connectivity index (χ0) is 16.1. The van der Waals surface area contributed by atoms with Crippen LogP contribution in [0.3, 0.4) is 0 Å². The predicted octanol–water partition coefficient (Wildman–Crippen LogP) is 0.261. The number of likely N-dealkylation sites (N-methyl/N-ethyl adjacent to an activating group) is 1. The van der Waals surface area contributed by atoms with Crippen LogP contribution in [0.4, 0.5) is 4.79 Å². The van der Waals surface area contributed by atoms with E-state index in [4.69, 9.17) is 4.74 Å². The Morgan fingerprint density at radius 3 is 2.70 bits per heavy atom. The summed E-state index contributed by atoms with van der Waals surface area (Å²) in [6.07, 6.45) is 7.15. The van der Waals surface area contributed by atoms with Crippen LogP contribution in [0.25, 0.3) is 0 Å². The molecule has 1 atom stereocenters. The van der Waals surface area contributed by atoms with Gasteiger partial charge in [0.25, 0.3) is 0 Å². The average molecular weight is 322 g/mol. The summed E-state index contributed by atoms with van der Waals surface area (Å²) >= 11 is 0. The Morgan fingerprint density at radius 2 is 2.09 bits per heavy atom. The molecule has 3 heterocycles. The highest BCUT2D eigenvalue weighted by atomic mass is 16.5. The van der Waals surface area contributed by atoms with Crippen LogP contribution in [0.2, 0.25) is 0 Å². The average Bonchev–Trinajstić information content (AvgIpc) is 2.77. The molecule has 0 aromatic carbocycles. The molecule has 1 unspecified atom stereocenters. The number of carbonyl (C=O) groups is 2. The van der Waals surface area contributed by atoms with E-state index in [1.165, 1.54) is 32.1 Å². The maximum Gasteiger partial charge on any atom is 0.317 e.